The van der Waals surface area contributed by atoms with Crippen LogP contribution >= 0.6 is 15.9 Å². The Labute approximate surface area is 133 Å². The maximum atomic E-state index is 5.78. The van der Waals surface area contributed by atoms with Crippen molar-refractivity contribution >= 4 is 15.9 Å². The van der Waals surface area contributed by atoms with Gasteiger partial charge in [-0.15, -0.1) is 0 Å². The summed E-state index contributed by atoms with van der Waals surface area (Å²) < 4.78 is 13.9. The molecule has 1 aromatic heterocycles. The molecular weight excluding hydrogens is 334 g/mol. The topological polar surface area (TPSA) is 48.3 Å². The molecule has 1 N–H and O–H groups in total. The second kappa shape index (κ2) is 8.81. The maximum Gasteiger partial charge on any atom is 0.119 e. The zero-order valence-electron chi connectivity index (χ0n) is 12.1. The molecule has 0 aliphatic rings. The van der Waals surface area contributed by atoms with E-state index >= 15 is 0 Å². The molecule has 0 fully saturated rings. The van der Waals surface area contributed by atoms with Gasteiger partial charge in [-0.1, -0.05) is 15.9 Å². The number of nitrogens with one attached hydrogen (secondary N) is 1. The first-order chi connectivity index (χ1) is 10.3. The molecule has 0 amide bonds. The van der Waals surface area contributed by atoms with Gasteiger partial charge < -0.3 is 19.4 Å². The average molecular weight is 354 g/mol. The summed E-state index contributed by atoms with van der Waals surface area (Å²) in [6, 6.07) is 6.04. The number of hydrogen-bond acceptors (Lipinski definition) is 4. The molecule has 0 saturated heterocycles. The average Bonchev–Trinajstić information content (AvgIpc) is 3.00. The summed E-state index contributed by atoms with van der Waals surface area (Å²) in [5.41, 5.74) is 1.17. The third-order valence-corrected chi connectivity index (χ3v) is 3.77. The first-order valence-corrected chi connectivity index (χ1v) is 7.65. The van der Waals surface area contributed by atoms with Crippen molar-refractivity contribution in [1.82, 2.24) is 14.9 Å². The summed E-state index contributed by atoms with van der Waals surface area (Å²) in [6.45, 7) is 3.72. The molecule has 6 heteroatoms. The highest BCUT2D eigenvalue weighted by Crippen LogP contribution is 2.22. The van der Waals surface area contributed by atoms with Crippen LogP contribution in [-0.2, 0) is 17.8 Å². The van der Waals surface area contributed by atoms with E-state index in [4.69, 9.17) is 9.47 Å². The Morgan fingerprint density at radius 1 is 1.33 bits per heavy atom. The number of hydrogen-bond donors (Lipinski definition) is 1. The minimum absolute atomic E-state index is 0.620. The number of rotatable bonds is 9. The van der Waals surface area contributed by atoms with Crippen molar-refractivity contribution < 1.29 is 9.47 Å². The number of halogens is 1. The van der Waals surface area contributed by atoms with Crippen LogP contribution in [-0.4, -0.2) is 36.4 Å². The second-order valence-electron chi connectivity index (χ2n) is 4.57. The van der Waals surface area contributed by atoms with Crippen molar-refractivity contribution in [2.24, 2.45) is 0 Å². The van der Waals surface area contributed by atoms with Crippen molar-refractivity contribution in [3.05, 3.63) is 47.0 Å². The Kier molecular flexibility index (Phi) is 6.72. The van der Waals surface area contributed by atoms with E-state index in [1.807, 2.05) is 22.9 Å². The van der Waals surface area contributed by atoms with Crippen LogP contribution in [0.2, 0.25) is 0 Å². The van der Waals surface area contributed by atoms with Gasteiger partial charge in [-0.05, 0) is 23.8 Å². The Morgan fingerprint density at radius 2 is 2.24 bits per heavy atom. The number of ether oxygens (including phenoxy) is 2. The predicted molar refractivity (Wildman–Crippen MR) is 85.4 cm³/mol. The van der Waals surface area contributed by atoms with Crippen molar-refractivity contribution in [2.75, 3.05) is 26.9 Å². The first-order valence-electron chi connectivity index (χ1n) is 6.86. The lowest BCUT2D eigenvalue weighted by molar-refractivity contribution is 0.199. The largest absolute Gasteiger partial charge is 0.492 e. The molecule has 2 rings (SSSR count). The number of methoxy groups -OCH3 is 1. The van der Waals surface area contributed by atoms with Crippen LogP contribution in [0.15, 0.2) is 41.4 Å². The molecule has 0 radical (unpaired) electrons. The van der Waals surface area contributed by atoms with Gasteiger partial charge in [0.05, 0.1) is 19.5 Å². The molecule has 0 spiro atoms. The Balaban J connectivity index is 1.82. The SMILES string of the molecule is COCCNCc1cc(OCCn2ccnc2)ccc1Br. The van der Waals surface area contributed by atoms with Gasteiger partial charge in [0.1, 0.15) is 12.4 Å². The third-order valence-electron chi connectivity index (χ3n) is 2.99. The Hall–Kier alpha value is -1.37. The van der Waals surface area contributed by atoms with E-state index < -0.39 is 0 Å². The van der Waals surface area contributed by atoms with Crippen LogP contribution in [0.4, 0.5) is 0 Å². The van der Waals surface area contributed by atoms with E-state index in [-0.39, 0.29) is 0 Å². The molecule has 0 aliphatic carbocycles. The van der Waals surface area contributed by atoms with Gasteiger partial charge in [-0.3, -0.25) is 0 Å². The summed E-state index contributed by atoms with van der Waals surface area (Å²) in [6.07, 6.45) is 5.48. The fraction of sp³-hybridized carbons (Fsp3) is 0.400. The molecule has 0 aliphatic heterocycles. The molecule has 114 valence electrons. The highest BCUT2D eigenvalue weighted by Gasteiger charge is 2.03. The van der Waals surface area contributed by atoms with E-state index in [1.54, 1.807) is 19.6 Å². The van der Waals surface area contributed by atoms with E-state index in [1.165, 1.54) is 5.56 Å². The summed E-state index contributed by atoms with van der Waals surface area (Å²) in [5, 5.41) is 3.33. The van der Waals surface area contributed by atoms with Crippen molar-refractivity contribution in [2.45, 2.75) is 13.1 Å². The third kappa shape index (κ3) is 5.49. The molecule has 21 heavy (non-hydrogen) atoms. The summed E-state index contributed by atoms with van der Waals surface area (Å²) in [5.74, 6) is 0.877. The van der Waals surface area contributed by atoms with Crippen LogP contribution < -0.4 is 10.1 Å². The summed E-state index contributed by atoms with van der Waals surface area (Å²) in [7, 11) is 1.70. The van der Waals surface area contributed by atoms with Crippen molar-refractivity contribution in [3.8, 4) is 5.75 Å². The Bertz CT molecular complexity index is 532. The number of aromatic nitrogens is 2. The zero-order chi connectivity index (χ0) is 14.9. The minimum atomic E-state index is 0.620. The molecule has 1 heterocycles. The van der Waals surface area contributed by atoms with E-state index in [0.29, 0.717) is 13.2 Å². The van der Waals surface area contributed by atoms with Crippen molar-refractivity contribution in [3.63, 3.8) is 0 Å². The van der Waals surface area contributed by atoms with Crippen LogP contribution in [0.3, 0.4) is 0 Å². The minimum Gasteiger partial charge on any atom is -0.492 e. The molecule has 0 unspecified atom stereocenters. The molecule has 0 bridgehead atoms. The zero-order valence-corrected chi connectivity index (χ0v) is 13.7. The van der Waals surface area contributed by atoms with Gasteiger partial charge in [0.15, 0.2) is 0 Å². The summed E-state index contributed by atoms with van der Waals surface area (Å²) in [4.78, 5) is 4.01. The number of benzene rings is 1. The fourth-order valence-corrected chi connectivity index (χ4v) is 2.25. The van der Waals surface area contributed by atoms with Gasteiger partial charge in [0, 0.05) is 37.1 Å². The Morgan fingerprint density at radius 3 is 3.00 bits per heavy atom. The highest BCUT2D eigenvalue weighted by molar-refractivity contribution is 9.10. The monoisotopic (exact) mass is 353 g/mol. The second-order valence-corrected chi connectivity index (χ2v) is 5.43. The molecule has 2 aromatic rings. The van der Waals surface area contributed by atoms with Gasteiger partial charge in [0.2, 0.25) is 0 Å². The number of nitrogens with zero attached hydrogens (tertiary/aromatic N) is 2. The van der Waals surface area contributed by atoms with E-state index in [9.17, 15) is 0 Å². The first kappa shape index (κ1) is 16.0. The van der Waals surface area contributed by atoms with E-state index in [2.05, 4.69) is 32.3 Å². The molecule has 0 saturated carbocycles. The number of imidazole rings is 1. The summed E-state index contributed by atoms with van der Waals surface area (Å²) >= 11 is 3.56. The lowest BCUT2D eigenvalue weighted by Crippen LogP contribution is -2.18. The predicted octanol–water partition coefficient (Wildman–Crippen LogP) is 2.46. The standard InChI is InChI=1S/C15H20BrN3O2/c1-20-8-5-17-11-13-10-14(2-3-15(13)16)21-9-7-19-6-4-18-12-19/h2-4,6,10,12,17H,5,7-9,11H2,1H3. The highest BCUT2D eigenvalue weighted by atomic mass is 79.9. The molecule has 0 atom stereocenters. The van der Waals surface area contributed by atoms with Crippen LogP contribution in [0, 0.1) is 0 Å². The lowest BCUT2D eigenvalue weighted by Gasteiger charge is -2.11. The van der Waals surface area contributed by atoms with Crippen LogP contribution in [0.25, 0.3) is 0 Å². The normalized spacial score (nSPS) is 10.8. The fourth-order valence-electron chi connectivity index (χ4n) is 1.86. The van der Waals surface area contributed by atoms with Gasteiger partial charge in [-0.25, -0.2) is 4.98 Å². The maximum absolute atomic E-state index is 5.78. The van der Waals surface area contributed by atoms with E-state index in [0.717, 1.165) is 29.9 Å². The van der Waals surface area contributed by atoms with Gasteiger partial charge >= 0.3 is 0 Å². The van der Waals surface area contributed by atoms with Crippen LogP contribution in [0.1, 0.15) is 5.56 Å². The van der Waals surface area contributed by atoms with Gasteiger partial charge in [0.25, 0.3) is 0 Å². The molecule has 5 nitrogen and oxygen atoms in total. The van der Waals surface area contributed by atoms with Gasteiger partial charge in [-0.2, -0.15) is 0 Å². The smallest absolute Gasteiger partial charge is 0.119 e. The molecule has 1 aromatic carbocycles. The quantitative estimate of drug-likeness (QED) is 0.703. The van der Waals surface area contributed by atoms with Crippen molar-refractivity contribution in [1.29, 1.82) is 0 Å². The lowest BCUT2D eigenvalue weighted by atomic mass is 10.2. The van der Waals surface area contributed by atoms with Crippen LogP contribution in [0.5, 0.6) is 5.75 Å². The molecular formula is C15H20BrN3O2.